The van der Waals surface area contributed by atoms with Crippen LogP contribution in [-0.4, -0.2) is 25.4 Å². The molecule has 0 saturated carbocycles. The highest BCUT2D eigenvalue weighted by Crippen LogP contribution is 2.30. The van der Waals surface area contributed by atoms with Gasteiger partial charge in [0.2, 0.25) is 5.91 Å². The van der Waals surface area contributed by atoms with Gasteiger partial charge in [0.15, 0.2) is 0 Å². The lowest BCUT2D eigenvalue weighted by Crippen LogP contribution is -2.36. The van der Waals surface area contributed by atoms with E-state index < -0.39 is 27.3 Å². The van der Waals surface area contributed by atoms with Crippen molar-refractivity contribution in [2.24, 2.45) is 0 Å². The van der Waals surface area contributed by atoms with E-state index in [4.69, 9.17) is 0 Å². The van der Waals surface area contributed by atoms with Crippen LogP contribution in [0.4, 0.5) is 11.4 Å². The molecule has 3 aromatic rings. The fraction of sp³-hybridized carbons (Fsp3) is 0.143. The second kappa shape index (κ2) is 8.68. The fourth-order valence-electron chi connectivity index (χ4n) is 2.92. The summed E-state index contributed by atoms with van der Waals surface area (Å²) in [4.78, 5) is 24.6. The number of benzene rings is 2. The minimum Gasteiger partial charge on any atom is -0.481 e. The molecule has 1 amide bonds. The first-order valence-electron chi connectivity index (χ1n) is 8.96. The number of carbonyl (C=O) groups is 2. The van der Waals surface area contributed by atoms with Crippen molar-refractivity contribution in [1.29, 1.82) is 0 Å². The van der Waals surface area contributed by atoms with Crippen LogP contribution in [0, 0.1) is 0 Å². The number of thiophene rings is 1. The summed E-state index contributed by atoms with van der Waals surface area (Å²) in [5.41, 5.74) is -0.504. The summed E-state index contributed by atoms with van der Waals surface area (Å²) in [6, 6.07) is 18.0. The minimum atomic E-state index is -3.80. The molecule has 0 radical (unpaired) electrons. The van der Waals surface area contributed by atoms with Crippen LogP contribution in [0.5, 0.6) is 0 Å². The summed E-state index contributed by atoms with van der Waals surface area (Å²) in [6.07, 6.45) is -0.321. The maximum absolute atomic E-state index is 12.7. The Morgan fingerprint density at radius 2 is 1.60 bits per heavy atom. The van der Waals surface area contributed by atoms with Crippen LogP contribution in [0.1, 0.15) is 18.9 Å². The first-order chi connectivity index (χ1) is 14.2. The second-order valence-electron chi connectivity index (χ2n) is 6.81. The van der Waals surface area contributed by atoms with Gasteiger partial charge in [-0.1, -0.05) is 48.5 Å². The molecule has 0 bridgehead atoms. The summed E-state index contributed by atoms with van der Waals surface area (Å²) in [5, 5.41) is 14.0. The molecule has 1 heterocycles. The van der Waals surface area contributed by atoms with Gasteiger partial charge in [-0.2, -0.15) is 0 Å². The van der Waals surface area contributed by atoms with Gasteiger partial charge in [0.25, 0.3) is 10.0 Å². The molecule has 30 heavy (non-hydrogen) atoms. The number of rotatable bonds is 8. The topological polar surface area (TPSA) is 113 Å². The second-order valence-corrected chi connectivity index (χ2v) is 9.67. The zero-order valence-corrected chi connectivity index (χ0v) is 17.7. The van der Waals surface area contributed by atoms with Crippen LogP contribution in [0.25, 0.3) is 0 Å². The minimum absolute atomic E-state index is 0.145. The van der Waals surface area contributed by atoms with E-state index in [2.05, 4.69) is 10.0 Å². The number of hydrogen-bond acceptors (Lipinski definition) is 5. The summed E-state index contributed by atoms with van der Waals surface area (Å²) in [6.45, 7) is 1.48. The zero-order valence-electron chi connectivity index (χ0n) is 16.0. The van der Waals surface area contributed by atoms with Crippen LogP contribution in [-0.2, 0) is 25.0 Å². The lowest BCUT2D eigenvalue weighted by Gasteiger charge is -2.25. The standard InChI is InChI=1S/C21H20N2O5S2/c1-21(20(25)26,15-8-3-2-4-9-15)14-18(24)22-16-10-5-6-11-17(16)23-30(27,28)19-12-7-13-29-19/h2-13,23H,14H2,1H3,(H,22,24)(H,25,26)/t21-/m1/s1. The quantitative estimate of drug-likeness (QED) is 0.487. The molecular weight excluding hydrogens is 424 g/mol. The molecule has 1 aromatic heterocycles. The molecule has 0 aliphatic carbocycles. The van der Waals surface area contributed by atoms with E-state index >= 15 is 0 Å². The average Bonchev–Trinajstić information content (AvgIpc) is 3.25. The van der Waals surface area contributed by atoms with Crippen molar-refractivity contribution < 1.29 is 23.1 Å². The van der Waals surface area contributed by atoms with Crippen molar-refractivity contribution in [3.63, 3.8) is 0 Å². The van der Waals surface area contributed by atoms with Crippen molar-refractivity contribution in [3.05, 3.63) is 77.7 Å². The number of anilines is 2. The van der Waals surface area contributed by atoms with E-state index in [1.54, 1.807) is 60.0 Å². The van der Waals surface area contributed by atoms with Gasteiger partial charge in [-0.3, -0.25) is 14.3 Å². The van der Waals surface area contributed by atoms with Crippen molar-refractivity contribution in [2.45, 2.75) is 23.0 Å². The van der Waals surface area contributed by atoms with E-state index in [1.165, 1.54) is 19.1 Å². The van der Waals surface area contributed by atoms with Gasteiger partial charge in [-0.05, 0) is 36.1 Å². The molecule has 0 aliphatic rings. The summed E-state index contributed by atoms with van der Waals surface area (Å²) >= 11 is 1.07. The maximum Gasteiger partial charge on any atom is 0.314 e. The number of aliphatic carboxylic acids is 1. The van der Waals surface area contributed by atoms with E-state index in [1.807, 2.05) is 0 Å². The molecule has 1 atom stereocenters. The third-order valence-electron chi connectivity index (χ3n) is 4.60. The number of nitrogens with one attached hydrogen (secondary N) is 2. The maximum atomic E-state index is 12.7. The van der Waals surface area contributed by atoms with E-state index in [-0.39, 0.29) is 22.0 Å². The summed E-state index contributed by atoms with van der Waals surface area (Å²) in [5.74, 6) is -1.68. The highest BCUT2D eigenvalue weighted by Gasteiger charge is 2.37. The highest BCUT2D eigenvalue weighted by atomic mass is 32.2. The molecule has 0 saturated heterocycles. The smallest absolute Gasteiger partial charge is 0.314 e. The Bertz CT molecular complexity index is 1150. The molecule has 0 aliphatic heterocycles. The third-order valence-corrected chi connectivity index (χ3v) is 7.37. The predicted octanol–water partition coefficient (Wildman–Crippen LogP) is 3.92. The van der Waals surface area contributed by atoms with Crippen LogP contribution in [0.3, 0.4) is 0 Å². The van der Waals surface area contributed by atoms with Crippen molar-refractivity contribution >= 4 is 44.6 Å². The van der Waals surface area contributed by atoms with Crippen LogP contribution < -0.4 is 10.0 Å². The SMILES string of the molecule is C[C@](CC(=O)Nc1ccccc1NS(=O)(=O)c1cccs1)(C(=O)O)c1ccccc1. The number of carboxylic acids is 1. The van der Waals surface area contributed by atoms with Crippen molar-refractivity contribution in [2.75, 3.05) is 10.0 Å². The lowest BCUT2D eigenvalue weighted by atomic mass is 9.79. The molecule has 3 N–H and O–H groups in total. The van der Waals surface area contributed by atoms with Gasteiger partial charge >= 0.3 is 5.97 Å². The van der Waals surface area contributed by atoms with Crippen LogP contribution >= 0.6 is 11.3 Å². The Hall–Kier alpha value is -3.17. The Morgan fingerprint density at radius 1 is 0.967 bits per heavy atom. The zero-order chi connectivity index (χ0) is 21.8. The number of amides is 1. The fourth-order valence-corrected chi connectivity index (χ4v) is 4.99. The Morgan fingerprint density at radius 3 is 2.20 bits per heavy atom. The van der Waals surface area contributed by atoms with Gasteiger partial charge in [0.1, 0.15) is 4.21 Å². The van der Waals surface area contributed by atoms with Gasteiger partial charge < -0.3 is 10.4 Å². The average molecular weight is 445 g/mol. The van der Waals surface area contributed by atoms with Gasteiger partial charge in [0, 0.05) is 6.42 Å². The Labute approximate surface area is 178 Å². The van der Waals surface area contributed by atoms with Gasteiger partial charge in [0.05, 0.1) is 16.8 Å². The monoisotopic (exact) mass is 444 g/mol. The highest BCUT2D eigenvalue weighted by molar-refractivity contribution is 7.94. The molecular formula is C21H20N2O5S2. The van der Waals surface area contributed by atoms with E-state index in [0.717, 1.165) is 11.3 Å². The number of carbonyl (C=O) groups excluding carboxylic acids is 1. The number of para-hydroxylation sites is 2. The summed E-state index contributed by atoms with van der Waals surface area (Å²) in [7, 11) is -3.80. The molecule has 2 aromatic carbocycles. The van der Waals surface area contributed by atoms with Crippen molar-refractivity contribution in [3.8, 4) is 0 Å². The van der Waals surface area contributed by atoms with Crippen LogP contribution in [0.15, 0.2) is 76.3 Å². The summed E-state index contributed by atoms with van der Waals surface area (Å²) < 4.78 is 27.6. The molecule has 0 unspecified atom stereocenters. The molecule has 9 heteroatoms. The Balaban J connectivity index is 1.81. The molecule has 0 spiro atoms. The van der Waals surface area contributed by atoms with E-state index in [9.17, 15) is 23.1 Å². The predicted molar refractivity (Wildman–Crippen MR) is 116 cm³/mol. The molecule has 7 nitrogen and oxygen atoms in total. The molecule has 3 rings (SSSR count). The first-order valence-corrected chi connectivity index (χ1v) is 11.3. The molecule has 0 fully saturated rings. The van der Waals surface area contributed by atoms with E-state index in [0.29, 0.717) is 5.56 Å². The normalized spacial score (nSPS) is 13.2. The van der Waals surface area contributed by atoms with Gasteiger partial charge in [-0.25, -0.2) is 8.42 Å². The van der Waals surface area contributed by atoms with Gasteiger partial charge in [-0.15, -0.1) is 11.3 Å². The molecule has 156 valence electrons. The first kappa shape index (κ1) is 21.5. The number of hydrogen-bond donors (Lipinski definition) is 3. The van der Waals surface area contributed by atoms with Crippen LogP contribution in [0.2, 0.25) is 0 Å². The lowest BCUT2D eigenvalue weighted by molar-refractivity contribution is -0.145. The number of sulfonamides is 1. The Kier molecular flexibility index (Phi) is 6.23. The largest absolute Gasteiger partial charge is 0.481 e. The number of carboxylic acid groups (broad SMARTS) is 1. The van der Waals surface area contributed by atoms with Crippen molar-refractivity contribution in [1.82, 2.24) is 0 Å². The third kappa shape index (κ3) is 4.69.